The largest absolute Gasteiger partial charge is 0.416 e. The zero-order valence-electron chi connectivity index (χ0n) is 15.5. The Morgan fingerprint density at radius 2 is 1.72 bits per heavy atom. The molecule has 0 unspecified atom stereocenters. The van der Waals surface area contributed by atoms with Gasteiger partial charge < -0.3 is 4.57 Å². The maximum Gasteiger partial charge on any atom is 0.416 e. The molecule has 0 bridgehead atoms. The number of alkyl halides is 3. The van der Waals surface area contributed by atoms with E-state index >= 15 is 0 Å². The Balaban J connectivity index is 1.73. The molecular weight excluding hydrogens is 387 g/mol. The van der Waals surface area contributed by atoms with Crippen molar-refractivity contribution in [1.29, 1.82) is 0 Å². The van der Waals surface area contributed by atoms with Crippen molar-refractivity contribution >= 4 is 0 Å². The van der Waals surface area contributed by atoms with Gasteiger partial charge in [0.1, 0.15) is 0 Å². The van der Waals surface area contributed by atoms with Crippen LogP contribution in [0.5, 0.6) is 0 Å². The third kappa shape index (κ3) is 4.05. The van der Waals surface area contributed by atoms with E-state index in [4.69, 9.17) is 0 Å². The van der Waals surface area contributed by atoms with E-state index in [0.29, 0.717) is 17.7 Å². The number of hydrogen-bond donors (Lipinski definition) is 0. The molecule has 1 aliphatic rings. The van der Waals surface area contributed by atoms with Crippen LogP contribution in [0, 0.1) is 11.6 Å². The smallest absolute Gasteiger partial charge is 0.350 e. The lowest BCUT2D eigenvalue weighted by atomic mass is 10.0. The van der Waals surface area contributed by atoms with E-state index in [1.165, 1.54) is 18.2 Å². The molecular formula is C22H19F5N2. The van der Waals surface area contributed by atoms with Crippen LogP contribution in [-0.2, 0) is 19.3 Å². The first-order chi connectivity index (χ1) is 13.8. The van der Waals surface area contributed by atoms with Gasteiger partial charge in [-0.25, -0.2) is 8.78 Å². The lowest BCUT2D eigenvalue weighted by Gasteiger charge is -2.31. The van der Waals surface area contributed by atoms with E-state index in [2.05, 4.69) is 4.57 Å². The quantitative estimate of drug-likeness (QED) is 0.501. The summed E-state index contributed by atoms with van der Waals surface area (Å²) >= 11 is 0. The van der Waals surface area contributed by atoms with Gasteiger partial charge in [-0.3, -0.25) is 4.90 Å². The Labute approximate surface area is 165 Å². The van der Waals surface area contributed by atoms with Crippen molar-refractivity contribution in [2.24, 2.45) is 0 Å². The molecule has 1 aromatic heterocycles. The minimum Gasteiger partial charge on any atom is -0.350 e. The van der Waals surface area contributed by atoms with Crippen LogP contribution >= 0.6 is 0 Å². The van der Waals surface area contributed by atoms with Crippen LogP contribution < -0.4 is 0 Å². The Morgan fingerprint density at radius 3 is 2.48 bits per heavy atom. The van der Waals surface area contributed by atoms with E-state index in [-0.39, 0.29) is 6.54 Å². The number of hydrogen-bond acceptors (Lipinski definition) is 1. The van der Waals surface area contributed by atoms with E-state index in [1.54, 1.807) is 6.07 Å². The summed E-state index contributed by atoms with van der Waals surface area (Å²) in [6.45, 7) is 1.63. The van der Waals surface area contributed by atoms with Crippen LogP contribution in [0.25, 0.3) is 0 Å². The molecule has 2 heterocycles. The zero-order valence-corrected chi connectivity index (χ0v) is 15.5. The Hall–Kier alpha value is -2.67. The molecule has 152 valence electrons. The van der Waals surface area contributed by atoms with Gasteiger partial charge in [-0.1, -0.05) is 24.3 Å². The van der Waals surface area contributed by atoms with Crippen molar-refractivity contribution in [3.05, 3.63) is 94.8 Å². The minimum atomic E-state index is -4.41. The molecule has 1 aliphatic heterocycles. The molecule has 29 heavy (non-hydrogen) atoms. The maximum absolute atomic E-state index is 14.0. The van der Waals surface area contributed by atoms with Crippen molar-refractivity contribution in [1.82, 2.24) is 9.47 Å². The molecule has 0 N–H and O–H groups in total. The summed E-state index contributed by atoms with van der Waals surface area (Å²) in [5, 5.41) is 0. The van der Waals surface area contributed by atoms with E-state index in [1.807, 2.05) is 23.2 Å². The van der Waals surface area contributed by atoms with Gasteiger partial charge in [-0.05, 0) is 47.9 Å². The first-order valence-electron chi connectivity index (χ1n) is 9.33. The molecule has 7 heteroatoms. The Morgan fingerprint density at radius 1 is 0.897 bits per heavy atom. The molecule has 0 fully saturated rings. The highest BCUT2D eigenvalue weighted by molar-refractivity contribution is 5.32. The molecule has 0 saturated carbocycles. The number of nitrogens with zero attached hydrogens (tertiary/aromatic N) is 2. The minimum absolute atomic E-state index is 0.263. The fourth-order valence-corrected chi connectivity index (χ4v) is 3.95. The third-order valence-electron chi connectivity index (χ3n) is 5.25. The summed E-state index contributed by atoms with van der Waals surface area (Å²) in [6.07, 6.45) is -1.69. The normalized spacial score (nSPS) is 17.8. The van der Waals surface area contributed by atoms with Crippen LogP contribution in [0.2, 0.25) is 0 Å². The van der Waals surface area contributed by atoms with Crippen LogP contribution in [0.1, 0.15) is 34.8 Å². The molecule has 1 atom stereocenters. The van der Waals surface area contributed by atoms with Gasteiger partial charge in [0, 0.05) is 31.5 Å². The second kappa shape index (κ2) is 7.63. The van der Waals surface area contributed by atoms with Crippen LogP contribution in [-0.4, -0.2) is 16.0 Å². The highest BCUT2D eigenvalue weighted by Crippen LogP contribution is 2.35. The highest BCUT2D eigenvalue weighted by Gasteiger charge is 2.32. The van der Waals surface area contributed by atoms with Gasteiger partial charge in [0.2, 0.25) is 0 Å². The summed E-state index contributed by atoms with van der Waals surface area (Å²) in [6, 6.07) is 12.4. The molecule has 2 nitrogen and oxygen atoms in total. The molecule has 0 radical (unpaired) electrons. The van der Waals surface area contributed by atoms with Crippen molar-refractivity contribution in [3.8, 4) is 0 Å². The molecule has 0 aliphatic carbocycles. The monoisotopic (exact) mass is 406 g/mol. The van der Waals surface area contributed by atoms with Crippen LogP contribution in [0.15, 0.2) is 60.8 Å². The predicted molar refractivity (Wildman–Crippen MR) is 99.1 cm³/mol. The molecule has 2 aromatic carbocycles. The number of halogens is 5. The second-order valence-corrected chi connectivity index (χ2v) is 7.22. The third-order valence-corrected chi connectivity index (χ3v) is 5.25. The van der Waals surface area contributed by atoms with Gasteiger partial charge in [0.15, 0.2) is 11.6 Å². The van der Waals surface area contributed by atoms with Gasteiger partial charge in [0.25, 0.3) is 0 Å². The number of fused-ring (bicyclic) bond motifs is 1. The van der Waals surface area contributed by atoms with Crippen molar-refractivity contribution in [2.45, 2.75) is 31.7 Å². The van der Waals surface area contributed by atoms with Crippen molar-refractivity contribution < 1.29 is 22.0 Å². The standard InChI is InChI=1S/C22H19F5N2/c23-18-8-7-16(13-19(18)24)21-20-6-2-9-28(20)10-3-11-29(21)14-15-4-1-5-17(12-15)22(25,26)27/h1-2,4-9,12-13,21H,3,10-11,14H2/t21-/m1/s1. The molecule has 0 spiro atoms. The topological polar surface area (TPSA) is 8.17 Å². The van der Waals surface area contributed by atoms with Crippen molar-refractivity contribution in [3.63, 3.8) is 0 Å². The lowest BCUT2D eigenvalue weighted by Crippen LogP contribution is -2.29. The fourth-order valence-electron chi connectivity index (χ4n) is 3.95. The molecule has 3 aromatic rings. The van der Waals surface area contributed by atoms with Crippen LogP contribution in [0.3, 0.4) is 0 Å². The first-order valence-corrected chi connectivity index (χ1v) is 9.33. The summed E-state index contributed by atoms with van der Waals surface area (Å²) < 4.78 is 68.8. The van der Waals surface area contributed by atoms with E-state index < -0.39 is 29.4 Å². The molecule has 0 saturated heterocycles. The summed E-state index contributed by atoms with van der Waals surface area (Å²) in [7, 11) is 0. The van der Waals surface area contributed by atoms with Gasteiger partial charge >= 0.3 is 6.18 Å². The average Bonchev–Trinajstić information content (AvgIpc) is 3.05. The summed E-state index contributed by atoms with van der Waals surface area (Å²) in [5.74, 6) is -1.87. The summed E-state index contributed by atoms with van der Waals surface area (Å²) in [5.41, 5.74) is 1.29. The SMILES string of the molecule is Fc1ccc([C@@H]2c3cccn3CCCN2Cc2cccc(C(F)(F)F)c2)cc1F. The second-order valence-electron chi connectivity index (χ2n) is 7.22. The number of aromatic nitrogens is 1. The number of rotatable bonds is 3. The van der Waals surface area contributed by atoms with Gasteiger partial charge in [-0.2, -0.15) is 13.2 Å². The Kier molecular flexibility index (Phi) is 5.17. The molecule has 4 rings (SSSR count). The van der Waals surface area contributed by atoms with Gasteiger partial charge in [-0.15, -0.1) is 0 Å². The number of aryl methyl sites for hydroxylation is 1. The Bertz CT molecular complexity index is 1010. The van der Waals surface area contributed by atoms with Crippen LogP contribution in [0.4, 0.5) is 22.0 Å². The maximum atomic E-state index is 14.0. The summed E-state index contributed by atoms with van der Waals surface area (Å²) in [4.78, 5) is 2.01. The first kappa shape index (κ1) is 19.6. The number of benzene rings is 2. The van der Waals surface area contributed by atoms with E-state index in [0.717, 1.165) is 36.9 Å². The zero-order chi connectivity index (χ0) is 20.6. The van der Waals surface area contributed by atoms with Gasteiger partial charge in [0.05, 0.1) is 11.6 Å². The molecule has 0 amide bonds. The van der Waals surface area contributed by atoms with E-state index in [9.17, 15) is 22.0 Å². The fraction of sp³-hybridized carbons (Fsp3) is 0.273. The highest BCUT2D eigenvalue weighted by atomic mass is 19.4. The average molecular weight is 406 g/mol. The lowest BCUT2D eigenvalue weighted by molar-refractivity contribution is -0.137. The predicted octanol–water partition coefficient (Wildman–Crippen LogP) is 5.78. The van der Waals surface area contributed by atoms with Crippen molar-refractivity contribution in [2.75, 3.05) is 6.54 Å².